The van der Waals surface area contributed by atoms with Crippen LogP contribution in [-0.4, -0.2) is 16.4 Å². The zero-order chi connectivity index (χ0) is 13.8. The first-order chi connectivity index (χ1) is 9.88. The molecule has 2 aromatic carbocycles. The van der Waals surface area contributed by atoms with Gasteiger partial charge in [0.2, 0.25) is 0 Å². The van der Waals surface area contributed by atoms with E-state index in [1.807, 2.05) is 48.5 Å². The zero-order valence-corrected chi connectivity index (χ0v) is 10.7. The van der Waals surface area contributed by atoms with Gasteiger partial charge in [-0.3, -0.25) is 20.7 Å². The highest BCUT2D eigenvalue weighted by atomic mass is 16.5. The highest BCUT2D eigenvalue weighted by Crippen LogP contribution is 2.23. The lowest BCUT2D eigenvalue weighted by Crippen LogP contribution is -1.94. The van der Waals surface area contributed by atoms with E-state index in [1.165, 1.54) is 0 Å². The van der Waals surface area contributed by atoms with Gasteiger partial charge in [0.25, 0.3) is 0 Å². The Balaban J connectivity index is 2.03. The normalized spacial score (nSPS) is 11.1. The van der Waals surface area contributed by atoms with E-state index in [4.69, 9.17) is 5.21 Å². The molecule has 0 bridgehead atoms. The minimum Gasteiger partial charge on any atom is -0.291 e. The molecule has 0 spiro atoms. The topological polar surface area (TPSA) is 57.5 Å². The van der Waals surface area contributed by atoms with Gasteiger partial charge >= 0.3 is 0 Å². The molecule has 0 amide bonds. The summed E-state index contributed by atoms with van der Waals surface area (Å²) in [6, 6.07) is 17.2. The van der Waals surface area contributed by atoms with Crippen LogP contribution in [0.5, 0.6) is 0 Å². The summed E-state index contributed by atoms with van der Waals surface area (Å²) in [5, 5.41) is 10.1. The molecule has 1 heterocycles. The number of nitrogens with zero attached hydrogens (tertiary/aromatic N) is 2. The molecule has 0 aliphatic heterocycles. The second-order valence-corrected chi connectivity index (χ2v) is 4.31. The number of hydrogen-bond donors (Lipinski definition) is 2. The molecule has 0 aliphatic rings. The summed E-state index contributed by atoms with van der Waals surface area (Å²) in [7, 11) is 0. The molecule has 0 saturated carbocycles. The lowest BCUT2D eigenvalue weighted by atomic mass is 10.2. The number of hydrogen-bond acceptors (Lipinski definition) is 4. The molecular formula is C16H13N3O. The number of nitrogens with one attached hydrogen (secondary N) is 1. The Labute approximate surface area is 116 Å². The fraction of sp³-hybridized carbons (Fsp3) is 0. The van der Waals surface area contributed by atoms with E-state index in [-0.39, 0.29) is 0 Å². The van der Waals surface area contributed by atoms with E-state index in [0.29, 0.717) is 5.69 Å². The Morgan fingerprint density at radius 3 is 2.75 bits per heavy atom. The van der Waals surface area contributed by atoms with E-state index in [9.17, 15) is 0 Å². The van der Waals surface area contributed by atoms with Crippen molar-refractivity contribution in [2.45, 2.75) is 0 Å². The van der Waals surface area contributed by atoms with Gasteiger partial charge in [0.15, 0.2) is 0 Å². The number of aromatic nitrogens is 1. The number of benzene rings is 2. The Morgan fingerprint density at radius 1 is 1.00 bits per heavy atom. The first-order valence-electron chi connectivity index (χ1n) is 6.25. The molecule has 20 heavy (non-hydrogen) atoms. The monoisotopic (exact) mass is 263 g/mol. The van der Waals surface area contributed by atoms with Gasteiger partial charge in [0.05, 0.1) is 16.9 Å². The quantitative estimate of drug-likeness (QED) is 0.558. The van der Waals surface area contributed by atoms with Gasteiger partial charge in [-0.15, -0.1) is 0 Å². The van der Waals surface area contributed by atoms with Crippen LogP contribution in [0.3, 0.4) is 0 Å². The molecule has 3 aromatic rings. The molecule has 98 valence electrons. The van der Waals surface area contributed by atoms with Crippen molar-refractivity contribution in [1.82, 2.24) is 4.98 Å². The Morgan fingerprint density at radius 2 is 1.85 bits per heavy atom. The van der Waals surface area contributed by atoms with Crippen LogP contribution in [0, 0.1) is 0 Å². The molecule has 4 nitrogen and oxygen atoms in total. The Hall–Kier alpha value is -2.72. The Bertz CT molecular complexity index is 763. The first kappa shape index (κ1) is 12.3. The molecule has 1 aromatic heterocycles. The van der Waals surface area contributed by atoms with Crippen molar-refractivity contribution in [3.8, 4) is 0 Å². The van der Waals surface area contributed by atoms with Gasteiger partial charge in [0, 0.05) is 23.4 Å². The highest BCUT2D eigenvalue weighted by Gasteiger charge is 2.00. The van der Waals surface area contributed by atoms with Crippen molar-refractivity contribution in [2.24, 2.45) is 4.99 Å². The molecule has 2 N–H and O–H groups in total. The lowest BCUT2D eigenvalue weighted by molar-refractivity contribution is 0.389. The second-order valence-electron chi connectivity index (χ2n) is 4.31. The fourth-order valence-corrected chi connectivity index (χ4v) is 2.04. The third kappa shape index (κ3) is 2.37. The van der Waals surface area contributed by atoms with Crippen molar-refractivity contribution in [2.75, 3.05) is 5.48 Å². The van der Waals surface area contributed by atoms with Gasteiger partial charge in [-0.1, -0.05) is 36.4 Å². The Kier molecular flexibility index (Phi) is 3.39. The largest absolute Gasteiger partial charge is 0.291 e. The van der Waals surface area contributed by atoms with Crippen molar-refractivity contribution in [3.05, 3.63) is 66.4 Å². The van der Waals surface area contributed by atoms with Crippen LogP contribution in [0.1, 0.15) is 5.56 Å². The van der Waals surface area contributed by atoms with Gasteiger partial charge in [-0.25, -0.2) is 0 Å². The van der Waals surface area contributed by atoms with Crippen LogP contribution in [-0.2, 0) is 0 Å². The number of anilines is 1. The SMILES string of the molecule is ONc1ccccc1C=Nc1cccc2cccnc12. The van der Waals surface area contributed by atoms with E-state index >= 15 is 0 Å². The number of aliphatic imine (C=N–C) groups is 1. The molecule has 0 aliphatic carbocycles. The first-order valence-corrected chi connectivity index (χ1v) is 6.25. The molecule has 4 heteroatoms. The summed E-state index contributed by atoms with van der Waals surface area (Å²) < 4.78 is 0. The maximum Gasteiger partial charge on any atom is 0.0958 e. The molecule has 0 atom stereocenters. The third-order valence-corrected chi connectivity index (χ3v) is 3.04. The van der Waals surface area contributed by atoms with E-state index < -0.39 is 0 Å². The minimum absolute atomic E-state index is 0.615. The predicted octanol–water partition coefficient (Wildman–Crippen LogP) is 3.79. The van der Waals surface area contributed by atoms with Gasteiger partial charge in [-0.05, 0) is 18.2 Å². The lowest BCUT2D eigenvalue weighted by Gasteiger charge is -2.03. The number of fused-ring (bicyclic) bond motifs is 1. The number of para-hydroxylation sites is 2. The predicted molar refractivity (Wildman–Crippen MR) is 80.8 cm³/mol. The van der Waals surface area contributed by atoms with Crippen molar-refractivity contribution < 1.29 is 5.21 Å². The van der Waals surface area contributed by atoms with Crippen LogP contribution in [0.2, 0.25) is 0 Å². The maximum atomic E-state index is 9.06. The average Bonchev–Trinajstić information content (AvgIpc) is 2.53. The van der Waals surface area contributed by atoms with Crippen LogP contribution in [0.15, 0.2) is 65.8 Å². The smallest absolute Gasteiger partial charge is 0.0958 e. The molecule has 0 fully saturated rings. The molecule has 3 rings (SSSR count). The summed E-state index contributed by atoms with van der Waals surface area (Å²) in [6.45, 7) is 0. The van der Waals surface area contributed by atoms with Crippen LogP contribution < -0.4 is 5.48 Å². The zero-order valence-electron chi connectivity index (χ0n) is 10.7. The number of pyridine rings is 1. The molecular weight excluding hydrogens is 250 g/mol. The van der Waals surface area contributed by atoms with Gasteiger partial charge in [0.1, 0.15) is 0 Å². The van der Waals surface area contributed by atoms with Crippen LogP contribution in [0.4, 0.5) is 11.4 Å². The number of rotatable bonds is 3. The van der Waals surface area contributed by atoms with Crippen molar-refractivity contribution in [1.29, 1.82) is 0 Å². The maximum absolute atomic E-state index is 9.06. The minimum atomic E-state index is 0.615. The van der Waals surface area contributed by atoms with E-state index in [0.717, 1.165) is 22.2 Å². The summed E-state index contributed by atoms with van der Waals surface area (Å²) in [4.78, 5) is 8.83. The second kappa shape index (κ2) is 5.50. The fourth-order valence-electron chi connectivity index (χ4n) is 2.04. The van der Waals surface area contributed by atoms with Crippen molar-refractivity contribution >= 4 is 28.5 Å². The summed E-state index contributed by atoms with van der Waals surface area (Å²) in [5.41, 5.74) is 5.25. The van der Waals surface area contributed by atoms with Gasteiger partial charge < -0.3 is 0 Å². The van der Waals surface area contributed by atoms with Crippen molar-refractivity contribution in [3.63, 3.8) is 0 Å². The summed E-state index contributed by atoms with van der Waals surface area (Å²) in [5.74, 6) is 0. The summed E-state index contributed by atoms with van der Waals surface area (Å²) >= 11 is 0. The van der Waals surface area contributed by atoms with E-state index in [1.54, 1.807) is 18.5 Å². The molecule has 0 radical (unpaired) electrons. The average molecular weight is 263 g/mol. The molecule has 0 saturated heterocycles. The standard InChI is InChI=1S/C16H13N3O/c20-19-14-8-2-1-5-13(14)11-18-15-9-3-6-12-7-4-10-17-16(12)15/h1-11,19-20H. The van der Waals surface area contributed by atoms with Gasteiger partial charge in [-0.2, -0.15) is 0 Å². The van der Waals surface area contributed by atoms with Crippen LogP contribution in [0.25, 0.3) is 10.9 Å². The molecule has 0 unspecified atom stereocenters. The summed E-state index contributed by atoms with van der Waals surface area (Å²) in [6.07, 6.45) is 3.46. The third-order valence-electron chi connectivity index (χ3n) is 3.04. The van der Waals surface area contributed by atoms with E-state index in [2.05, 4.69) is 15.5 Å². The van der Waals surface area contributed by atoms with Crippen LogP contribution >= 0.6 is 0 Å². The highest BCUT2D eigenvalue weighted by molar-refractivity contribution is 5.94.